The molecule has 0 saturated carbocycles. The van der Waals surface area contributed by atoms with Gasteiger partial charge in [-0.15, -0.1) is 0 Å². The summed E-state index contributed by atoms with van der Waals surface area (Å²) in [7, 11) is 1.60. The molecule has 0 aromatic heterocycles. The molecule has 1 amide bonds. The van der Waals surface area contributed by atoms with Gasteiger partial charge in [0.2, 0.25) is 5.91 Å². The van der Waals surface area contributed by atoms with Crippen LogP contribution in [0.15, 0.2) is 42.5 Å². The average molecular weight is 363 g/mol. The lowest BCUT2D eigenvalue weighted by atomic mass is 9.99. The lowest BCUT2D eigenvalue weighted by Gasteiger charge is -2.26. The smallest absolute Gasteiger partial charge is 0.227 e. The molecule has 1 saturated heterocycles. The normalized spacial score (nSPS) is 20.2. The van der Waals surface area contributed by atoms with Gasteiger partial charge in [0.05, 0.1) is 19.1 Å². The van der Waals surface area contributed by atoms with Gasteiger partial charge in [-0.3, -0.25) is 4.79 Å². The zero-order valence-corrected chi connectivity index (χ0v) is 14.7. The molecule has 0 radical (unpaired) electrons. The highest BCUT2D eigenvalue weighted by Gasteiger charge is 2.40. The fourth-order valence-corrected chi connectivity index (χ4v) is 3.51. The number of nitrogens with zero attached hydrogens (tertiary/aromatic N) is 1. The zero-order valence-electron chi connectivity index (χ0n) is 13.9. The van der Waals surface area contributed by atoms with Crippen molar-refractivity contribution >= 4 is 17.5 Å². The molecule has 3 rings (SSSR count). The highest BCUT2D eigenvalue weighted by molar-refractivity contribution is 6.31. The van der Waals surface area contributed by atoms with Crippen molar-refractivity contribution in [2.75, 3.05) is 13.7 Å². The number of hydrogen-bond acceptors (Lipinski definition) is 3. The first-order chi connectivity index (χ1) is 12.0. The van der Waals surface area contributed by atoms with Crippen LogP contribution in [0.1, 0.15) is 23.6 Å². The van der Waals surface area contributed by atoms with Gasteiger partial charge >= 0.3 is 0 Å². The molecule has 1 heterocycles. The first-order valence-corrected chi connectivity index (χ1v) is 8.49. The predicted molar refractivity (Wildman–Crippen MR) is 94.9 cm³/mol. The van der Waals surface area contributed by atoms with E-state index in [1.54, 1.807) is 12.0 Å². The first-order valence-electron chi connectivity index (χ1n) is 8.12. The van der Waals surface area contributed by atoms with Gasteiger partial charge in [0, 0.05) is 18.1 Å². The Bertz CT molecular complexity index is 767. The summed E-state index contributed by atoms with van der Waals surface area (Å²) in [5, 5.41) is 0.455. The highest BCUT2D eigenvalue weighted by atomic mass is 35.5. The van der Waals surface area contributed by atoms with Crippen LogP contribution in [-0.4, -0.2) is 24.5 Å². The van der Waals surface area contributed by atoms with Gasteiger partial charge in [-0.25, -0.2) is 4.39 Å². The van der Waals surface area contributed by atoms with Crippen LogP contribution >= 0.6 is 11.6 Å². The highest BCUT2D eigenvalue weighted by Crippen LogP contribution is 2.40. The maximum Gasteiger partial charge on any atom is 0.227 e. The van der Waals surface area contributed by atoms with Gasteiger partial charge in [0.25, 0.3) is 0 Å². The number of likely N-dealkylation sites (tertiary alicyclic amines) is 1. The number of halogens is 2. The number of hydrogen-bond donors (Lipinski definition) is 1. The number of methoxy groups -OCH3 is 1. The third kappa shape index (κ3) is 3.62. The van der Waals surface area contributed by atoms with Crippen molar-refractivity contribution in [3.05, 3.63) is 64.4 Å². The Balaban J connectivity index is 1.91. The molecule has 1 aliphatic rings. The largest absolute Gasteiger partial charge is 0.497 e. The van der Waals surface area contributed by atoms with E-state index >= 15 is 0 Å². The molecule has 2 atom stereocenters. The second kappa shape index (κ2) is 7.42. The zero-order chi connectivity index (χ0) is 18.0. The Hall–Kier alpha value is -2.11. The van der Waals surface area contributed by atoms with Crippen molar-refractivity contribution < 1.29 is 13.9 Å². The second-order valence-corrected chi connectivity index (χ2v) is 6.57. The first kappa shape index (κ1) is 17.7. The standard InChI is InChI=1S/C19H20ClFN2O2/c1-25-15-5-2-12(3-6-15)11-23-18(8-13(10-22)19(23)24)16-9-14(21)4-7-17(16)20/h2-7,9,13,18H,8,10-11,22H2,1H3. The van der Waals surface area contributed by atoms with Crippen LogP contribution in [0.25, 0.3) is 0 Å². The van der Waals surface area contributed by atoms with Crippen molar-refractivity contribution in [1.82, 2.24) is 4.90 Å². The van der Waals surface area contributed by atoms with Crippen molar-refractivity contribution in [3.63, 3.8) is 0 Å². The molecule has 2 unspecified atom stereocenters. The molecule has 6 heteroatoms. The molecular formula is C19H20ClFN2O2. The third-order valence-electron chi connectivity index (χ3n) is 4.63. The Morgan fingerprint density at radius 3 is 2.64 bits per heavy atom. The molecule has 2 aromatic carbocycles. The summed E-state index contributed by atoms with van der Waals surface area (Å²) >= 11 is 6.27. The average Bonchev–Trinajstić information content (AvgIpc) is 2.93. The maximum atomic E-state index is 13.7. The number of nitrogens with two attached hydrogens (primary N) is 1. The van der Waals surface area contributed by atoms with Crippen LogP contribution < -0.4 is 10.5 Å². The maximum absolute atomic E-state index is 13.7. The molecule has 1 aliphatic heterocycles. The van der Waals surface area contributed by atoms with Crippen LogP contribution in [0.5, 0.6) is 5.75 Å². The van der Waals surface area contributed by atoms with Crippen molar-refractivity contribution in [1.29, 1.82) is 0 Å². The number of carbonyl (C=O) groups is 1. The van der Waals surface area contributed by atoms with E-state index in [4.69, 9.17) is 22.1 Å². The third-order valence-corrected chi connectivity index (χ3v) is 4.97. The SMILES string of the molecule is COc1ccc(CN2C(=O)C(CN)CC2c2cc(F)ccc2Cl)cc1. The van der Waals surface area contributed by atoms with Gasteiger partial charge in [0.1, 0.15) is 11.6 Å². The van der Waals surface area contributed by atoms with Crippen LogP contribution in [0.3, 0.4) is 0 Å². The minimum atomic E-state index is -0.368. The van der Waals surface area contributed by atoms with Crippen LogP contribution in [-0.2, 0) is 11.3 Å². The summed E-state index contributed by atoms with van der Waals surface area (Å²) in [4.78, 5) is 14.5. The molecule has 132 valence electrons. The van der Waals surface area contributed by atoms with Gasteiger partial charge in [-0.05, 0) is 47.9 Å². The van der Waals surface area contributed by atoms with E-state index in [1.807, 2.05) is 24.3 Å². The molecular weight excluding hydrogens is 343 g/mol. The summed E-state index contributed by atoms with van der Waals surface area (Å²) in [6, 6.07) is 11.5. The van der Waals surface area contributed by atoms with E-state index in [0.717, 1.165) is 11.3 Å². The molecule has 25 heavy (non-hydrogen) atoms. The number of rotatable bonds is 5. The quantitative estimate of drug-likeness (QED) is 0.885. The van der Waals surface area contributed by atoms with Crippen LogP contribution in [0.4, 0.5) is 4.39 Å². The van der Waals surface area contributed by atoms with E-state index in [2.05, 4.69) is 0 Å². The topological polar surface area (TPSA) is 55.6 Å². The summed E-state index contributed by atoms with van der Waals surface area (Å²) in [6.45, 7) is 0.679. The molecule has 0 bridgehead atoms. The van der Waals surface area contributed by atoms with Gasteiger partial charge in [0.15, 0.2) is 0 Å². The van der Waals surface area contributed by atoms with E-state index in [9.17, 15) is 9.18 Å². The van der Waals surface area contributed by atoms with Crippen molar-refractivity contribution in [2.24, 2.45) is 11.7 Å². The van der Waals surface area contributed by atoms with E-state index < -0.39 is 0 Å². The van der Waals surface area contributed by atoms with Crippen LogP contribution in [0, 0.1) is 11.7 Å². The van der Waals surface area contributed by atoms with Crippen molar-refractivity contribution in [3.8, 4) is 5.75 Å². The Morgan fingerprint density at radius 1 is 1.28 bits per heavy atom. The fraction of sp³-hybridized carbons (Fsp3) is 0.316. The van der Waals surface area contributed by atoms with Crippen molar-refractivity contribution in [2.45, 2.75) is 19.0 Å². The number of carbonyl (C=O) groups excluding carboxylic acids is 1. The molecule has 4 nitrogen and oxygen atoms in total. The minimum absolute atomic E-state index is 0.0244. The Labute approximate surface area is 151 Å². The summed E-state index contributed by atoms with van der Waals surface area (Å²) in [6.07, 6.45) is 0.536. The van der Waals surface area contributed by atoms with E-state index in [-0.39, 0.29) is 30.2 Å². The predicted octanol–water partition coefficient (Wildman–Crippen LogP) is 3.54. The van der Waals surface area contributed by atoms with Gasteiger partial charge in [-0.2, -0.15) is 0 Å². The number of benzene rings is 2. The monoisotopic (exact) mass is 362 g/mol. The number of amides is 1. The lowest BCUT2D eigenvalue weighted by Crippen LogP contribution is -2.31. The Kier molecular flexibility index (Phi) is 5.25. The van der Waals surface area contributed by atoms with E-state index in [0.29, 0.717) is 23.6 Å². The molecule has 0 spiro atoms. The van der Waals surface area contributed by atoms with Gasteiger partial charge < -0.3 is 15.4 Å². The summed E-state index contributed by atoms with van der Waals surface area (Å²) < 4.78 is 18.9. The fourth-order valence-electron chi connectivity index (χ4n) is 3.26. The van der Waals surface area contributed by atoms with Gasteiger partial charge in [-0.1, -0.05) is 23.7 Å². The second-order valence-electron chi connectivity index (χ2n) is 6.16. The molecule has 0 aliphatic carbocycles. The molecule has 2 N–H and O–H groups in total. The summed E-state index contributed by atoms with van der Waals surface area (Å²) in [5.74, 6) is 0.0831. The molecule has 1 fully saturated rings. The lowest BCUT2D eigenvalue weighted by molar-refractivity contribution is -0.132. The van der Waals surface area contributed by atoms with E-state index in [1.165, 1.54) is 18.2 Å². The Morgan fingerprint density at radius 2 is 2.00 bits per heavy atom. The minimum Gasteiger partial charge on any atom is -0.497 e. The molecule has 2 aromatic rings. The number of ether oxygens (including phenoxy) is 1. The van der Waals surface area contributed by atoms with Crippen LogP contribution in [0.2, 0.25) is 5.02 Å². The summed E-state index contributed by atoms with van der Waals surface area (Å²) in [5.41, 5.74) is 7.34.